The highest BCUT2D eigenvalue weighted by Gasteiger charge is 2.28. The van der Waals surface area contributed by atoms with Crippen LogP contribution in [0.25, 0.3) is 60.3 Å². The number of aryl methyl sites for hydroxylation is 2. The van der Waals surface area contributed by atoms with Gasteiger partial charge in [0.25, 0.3) is 6.33 Å². The van der Waals surface area contributed by atoms with Gasteiger partial charge in [0.05, 0.1) is 19.2 Å². The highest BCUT2D eigenvalue weighted by molar-refractivity contribution is 6.16. The van der Waals surface area contributed by atoms with E-state index in [0.29, 0.717) is 5.69 Å². The molecule has 0 saturated heterocycles. The molecule has 4 heteroatoms. The first-order chi connectivity index (χ1) is 18.8. The summed E-state index contributed by atoms with van der Waals surface area (Å²) in [7, 11) is 2.00. The molecule has 39 heavy (non-hydrogen) atoms. The number of furan rings is 1. The molecular formula is C35H30N3O+. The Hall–Kier alpha value is -4.75. The second-order valence-corrected chi connectivity index (χ2v) is 11.1. The number of hydrogen-bond donors (Lipinski definition) is 0. The van der Waals surface area contributed by atoms with E-state index in [1.165, 1.54) is 5.56 Å². The zero-order valence-electron chi connectivity index (χ0n) is 22.9. The van der Waals surface area contributed by atoms with E-state index >= 15 is 0 Å². The second kappa shape index (κ2) is 9.22. The number of benzene rings is 4. The molecule has 190 valence electrons. The van der Waals surface area contributed by atoms with Crippen molar-refractivity contribution in [3.63, 3.8) is 0 Å². The molecule has 0 aliphatic heterocycles. The van der Waals surface area contributed by atoms with Crippen molar-refractivity contribution in [2.24, 2.45) is 7.05 Å². The summed E-state index contributed by atoms with van der Waals surface area (Å²) in [4.78, 5) is 8.19. The van der Waals surface area contributed by atoms with Crippen LogP contribution in [0, 0.1) is 13.5 Å². The normalized spacial score (nSPS) is 11.7. The Morgan fingerprint density at radius 2 is 1.51 bits per heavy atom. The lowest BCUT2D eigenvalue weighted by atomic mass is 9.81. The summed E-state index contributed by atoms with van der Waals surface area (Å²) in [5.41, 5.74) is 10.6. The van der Waals surface area contributed by atoms with Gasteiger partial charge in [0.2, 0.25) is 0 Å². The quantitative estimate of drug-likeness (QED) is 0.177. The van der Waals surface area contributed by atoms with Gasteiger partial charge in [-0.3, -0.25) is 0 Å². The molecule has 0 unspecified atom stereocenters. The fourth-order valence-electron chi connectivity index (χ4n) is 5.57. The minimum atomic E-state index is -0.102. The van der Waals surface area contributed by atoms with E-state index in [9.17, 15) is 0 Å². The summed E-state index contributed by atoms with van der Waals surface area (Å²) in [6, 6.07) is 27.1. The van der Waals surface area contributed by atoms with Crippen LogP contribution in [0.5, 0.6) is 0 Å². The zero-order chi connectivity index (χ0) is 27.3. The minimum absolute atomic E-state index is 0.102. The smallest absolute Gasteiger partial charge is 0.286 e. The van der Waals surface area contributed by atoms with Crippen molar-refractivity contribution in [2.75, 3.05) is 0 Å². The van der Waals surface area contributed by atoms with Crippen LogP contribution in [-0.2, 0) is 12.5 Å². The molecule has 0 spiro atoms. The first-order valence-corrected chi connectivity index (χ1v) is 13.1. The van der Waals surface area contributed by atoms with Gasteiger partial charge in [0, 0.05) is 22.4 Å². The zero-order valence-corrected chi connectivity index (χ0v) is 22.9. The molecule has 4 nitrogen and oxygen atoms in total. The van der Waals surface area contributed by atoms with Crippen molar-refractivity contribution in [3.05, 3.63) is 114 Å². The van der Waals surface area contributed by atoms with Crippen molar-refractivity contribution in [1.82, 2.24) is 4.98 Å². The van der Waals surface area contributed by atoms with Gasteiger partial charge in [-0.25, -0.2) is 9.41 Å². The predicted octanol–water partition coefficient (Wildman–Crippen LogP) is 8.96. The molecule has 2 aromatic heterocycles. The Balaban J connectivity index is 1.69. The van der Waals surface area contributed by atoms with E-state index in [2.05, 4.69) is 86.1 Å². The van der Waals surface area contributed by atoms with E-state index in [4.69, 9.17) is 11.0 Å². The highest BCUT2D eigenvalue weighted by atomic mass is 16.3. The maximum atomic E-state index is 7.97. The molecular weight excluding hydrogens is 478 g/mol. The SMILES string of the molecule is [C-]#[N+]c1ccc2c(oc3c(-c4ccnc[n+]4C)c(C)cc(C(C)(C)C)c32)c1-c1ccc(-c2ccccc2)cc1. The van der Waals surface area contributed by atoms with E-state index in [-0.39, 0.29) is 5.41 Å². The molecule has 0 bridgehead atoms. The molecule has 0 aliphatic carbocycles. The molecule has 6 aromatic rings. The van der Waals surface area contributed by atoms with Gasteiger partial charge in [0.1, 0.15) is 23.1 Å². The lowest BCUT2D eigenvalue weighted by Gasteiger charge is -2.22. The Morgan fingerprint density at radius 1 is 0.821 bits per heavy atom. The minimum Gasteiger partial charge on any atom is -0.456 e. The predicted molar refractivity (Wildman–Crippen MR) is 159 cm³/mol. The fraction of sp³-hybridized carbons (Fsp3) is 0.171. The first-order valence-electron chi connectivity index (χ1n) is 13.1. The standard InChI is InChI=1S/C35H30N3O/c1-22-20-27(35(2,3)4)32-26-16-17-28(36-5)31(25-14-12-24(13-15-25)23-10-8-7-9-11-23)33(26)39-34(32)30(22)29-18-19-37-21-38(29)6/h7-21H,1-4,6H3/q+1. The van der Waals surface area contributed by atoms with Gasteiger partial charge >= 0.3 is 0 Å². The van der Waals surface area contributed by atoms with Gasteiger partial charge in [-0.15, -0.1) is 0 Å². The number of rotatable bonds is 3. The third-order valence-electron chi connectivity index (χ3n) is 7.49. The largest absolute Gasteiger partial charge is 0.456 e. The highest BCUT2D eigenvalue weighted by Crippen LogP contribution is 2.47. The molecule has 0 N–H and O–H groups in total. The first kappa shape index (κ1) is 24.6. The summed E-state index contributed by atoms with van der Waals surface area (Å²) >= 11 is 0. The second-order valence-electron chi connectivity index (χ2n) is 11.1. The number of fused-ring (bicyclic) bond motifs is 3. The fourth-order valence-corrected chi connectivity index (χ4v) is 5.57. The van der Waals surface area contributed by atoms with Crippen LogP contribution in [-0.4, -0.2) is 4.98 Å². The Bertz CT molecular complexity index is 1900. The van der Waals surface area contributed by atoms with Crippen LogP contribution >= 0.6 is 0 Å². The van der Waals surface area contributed by atoms with E-state index < -0.39 is 0 Å². The molecule has 0 fully saturated rings. The van der Waals surface area contributed by atoms with Gasteiger partial charge in [-0.2, -0.15) is 0 Å². The van der Waals surface area contributed by atoms with Gasteiger partial charge < -0.3 is 4.42 Å². The average molecular weight is 509 g/mol. The maximum Gasteiger partial charge on any atom is 0.286 e. The Kier molecular flexibility index (Phi) is 5.81. The molecule has 0 atom stereocenters. The van der Waals surface area contributed by atoms with Crippen molar-refractivity contribution in [1.29, 1.82) is 0 Å². The molecule has 0 saturated carbocycles. The molecule has 0 aliphatic rings. The number of aromatic nitrogens is 2. The van der Waals surface area contributed by atoms with Crippen molar-refractivity contribution in [2.45, 2.75) is 33.1 Å². The summed E-state index contributed by atoms with van der Waals surface area (Å²) in [6.07, 6.45) is 3.63. The molecule has 2 heterocycles. The Morgan fingerprint density at radius 3 is 2.18 bits per heavy atom. The molecule has 0 amide bonds. The van der Waals surface area contributed by atoms with Crippen LogP contribution in [0.3, 0.4) is 0 Å². The van der Waals surface area contributed by atoms with Crippen LogP contribution in [0.15, 0.2) is 95.8 Å². The van der Waals surface area contributed by atoms with Crippen molar-refractivity contribution >= 4 is 27.6 Å². The molecule has 0 radical (unpaired) electrons. The summed E-state index contributed by atoms with van der Waals surface area (Å²) in [5.74, 6) is 0. The van der Waals surface area contributed by atoms with Gasteiger partial charge in [-0.05, 0) is 40.2 Å². The topological polar surface area (TPSA) is 34.3 Å². The third kappa shape index (κ3) is 4.08. The van der Waals surface area contributed by atoms with Crippen molar-refractivity contribution in [3.8, 4) is 33.5 Å². The lowest BCUT2D eigenvalue weighted by molar-refractivity contribution is -0.663. The number of nitrogens with zero attached hydrogens (tertiary/aromatic N) is 3. The van der Waals surface area contributed by atoms with Gasteiger partial charge in [-0.1, -0.05) is 98.6 Å². The van der Waals surface area contributed by atoms with Crippen LogP contribution in [0.2, 0.25) is 0 Å². The van der Waals surface area contributed by atoms with Crippen LogP contribution < -0.4 is 4.57 Å². The van der Waals surface area contributed by atoms with Crippen LogP contribution in [0.1, 0.15) is 31.9 Å². The lowest BCUT2D eigenvalue weighted by Crippen LogP contribution is -2.31. The van der Waals surface area contributed by atoms with E-state index in [1.807, 2.05) is 54.5 Å². The van der Waals surface area contributed by atoms with Gasteiger partial charge in [0.15, 0.2) is 5.69 Å². The third-order valence-corrected chi connectivity index (χ3v) is 7.49. The van der Waals surface area contributed by atoms with E-state index in [1.54, 1.807) is 0 Å². The summed E-state index contributed by atoms with van der Waals surface area (Å²) in [6.45, 7) is 16.8. The molecule has 4 aromatic carbocycles. The van der Waals surface area contributed by atoms with Crippen LogP contribution in [0.4, 0.5) is 5.69 Å². The Labute approximate surface area is 229 Å². The maximum absolute atomic E-state index is 7.97. The number of hydrogen-bond acceptors (Lipinski definition) is 2. The van der Waals surface area contributed by atoms with Crippen molar-refractivity contribution < 1.29 is 8.98 Å². The summed E-state index contributed by atoms with van der Waals surface area (Å²) in [5, 5.41) is 2.14. The average Bonchev–Trinajstić information content (AvgIpc) is 3.32. The van der Waals surface area contributed by atoms with E-state index in [0.717, 1.165) is 61.0 Å². The molecule has 6 rings (SSSR count). The monoisotopic (exact) mass is 508 g/mol. The summed E-state index contributed by atoms with van der Waals surface area (Å²) < 4.78 is 8.90.